The molecule has 2 aromatic heterocycles. The van der Waals surface area contributed by atoms with Crippen LogP contribution in [0.1, 0.15) is 31.2 Å². The smallest absolute Gasteiger partial charge is 0.321 e. The number of likely N-dealkylation sites (N-methyl/N-ethyl adjacent to an activating group) is 1. The number of fused-ring (bicyclic) bond motifs is 1. The molecule has 0 aliphatic heterocycles. The van der Waals surface area contributed by atoms with Gasteiger partial charge in [0.05, 0.1) is 15.3 Å². The number of aromatic nitrogens is 2. The number of carbonyl (C=O) groups is 1. The first kappa shape index (κ1) is 23.3. The molecule has 1 aliphatic carbocycles. The topological polar surface area (TPSA) is 107 Å². The van der Waals surface area contributed by atoms with E-state index in [0.717, 1.165) is 28.4 Å². The van der Waals surface area contributed by atoms with E-state index in [1.807, 2.05) is 28.9 Å². The number of imidazole rings is 1. The van der Waals surface area contributed by atoms with Gasteiger partial charge in [0.1, 0.15) is 18.3 Å². The number of hydrogen-bond donors (Lipinski definition) is 1. The van der Waals surface area contributed by atoms with E-state index in [9.17, 15) is 13.2 Å². The fourth-order valence-electron chi connectivity index (χ4n) is 4.47. The first-order chi connectivity index (χ1) is 15.7. The van der Waals surface area contributed by atoms with Crippen molar-refractivity contribution in [3.8, 4) is 0 Å². The van der Waals surface area contributed by atoms with Crippen LogP contribution in [0.25, 0.3) is 5.65 Å². The van der Waals surface area contributed by atoms with E-state index >= 15 is 0 Å². The molecule has 1 saturated carbocycles. The third kappa shape index (κ3) is 4.38. The number of nitrogens with zero attached hydrogens (tertiary/aromatic N) is 3. The minimum atomic E-state index is -3.82. The summed E-state index contributed by atoms with van der Waals surface area (Å²) in [5.74, 6) is -0.645. The quantitative estimate of drug-likeness (QED) is 0.404. The van der Waals surface area contributed by atoms with Crippen molar-refractivity contribution in [3.05, 3.63) is 66.6 Å². The van der Waals surface area contributed by atoms with Crippen LogP contribution in [0.15, 0.2) is 66.0 Å². The summed E-state index contributed by atoms with van der Waals surface area (Å²) >= 11 is 5.51. The third-order valence-electron chi connectivity index (χ3n) is 6.26. The first-order valence-corrected chi connectivity index (χ1v) is 12.5. The lowest BCUT2D eigenvalue weighted by Gasteiger charge is -2.43. The predicted molar refractivity (Wildman–Crippen MR) is 128 cm³/mol. The number of ether oxygens (including phenoxy) is 1. The molecule has 2 heterocycles. The Morgan fingerprint density at radius 3 is 2.76 bits per heavy atom. The Hall–Kier alpha value is -2.82. The summed E-state index contributed by atoms with van der Waals surface area (Å²) in [7, 11) is -2.46. The molecule has 1 aliphatic rings. The monoisotopic (exact) mass is 486 g/mol. The van der Waals surface area contributed by atoms with Gasteiger partial charge in [-0.25, -0.2) is 13.4 Å². The molecule has 1 aromatic carbocycles. The highest BCUT2D eigenvalue weighted by molar-refractivity contribution is 7.89. The van der Waals surface area contributed by atoms with Crippen LogP contribution in [0.4, 0.5) is 0 Å². The van der Waals surface area contributed by atoms with Crippen LogP contribution in [0.5, 0.6) is 0 Å². The maximum atomic E-state index is 12.9. The molecule has 2 atom stereocenters. The van der Waals surface area contributed by atoms with Crippen LogP contribution in [-0.2, 0) is 25.0 Å². The number of benzene rings is 1. The number of pyridine rings is 1. The molecule has 1 fully saturated rings. The van der Waals surface area contributed by atoms with Crippen molar-refractivity contribution in [1.29, 1.82) is 0 Å². The number of esters is 1. The summed E-state index contributed by atoms with van der Waals surface area (Å²) in [5.41, 5.74) is 7.08. The fraction of sp³-hybridized carbons (Fsp3) is 0.348. The highest BCUT2D eigenvalue weighted by atomic mass is 32.2. The first-order valence-electron chi connectivity index (χ1n) is 10.7. The lowest BCUT2D eigenvalue weighted by Crippen LogP contribution is -2.53. The Balaban J connectivity index is 1.58. The van der Waals surface area contributed by atoms with Crippen molar-refractivity contribution in [3.63, 3.8) is 0 Å². The predicted octanol–water partition coefficient (Wildman–Crippen LogP) is 2.66. The van der Waals surface area contributed by atoms with Crippen molar-refractivity contribution in [2.24, 2.45) is 5.73 Å². The number of rotatable bonds is 7. The standard InChI is InChI=1S/C23H26N4O4S2/c1-26(33(29,30)18-7-3-2-4-8-18)16-21(28)31-19-9-5-6-12-23(19,22(24)32)17-10-11-20-25-13-14-27(20)15-17/h2-4,7-8,10-11,13-15,19H,5-6,9,12,16H2,1H3,(H2,24,32)/t19-,23+/m1/s1. The van der Waals surface area contributed by atoms with Gasteiger partial charge in [0.15, 0.2) is 0 Å². The van der Waals surface area contributed by atoms with E-state index in [1.54, 1.807) is 24.4 Å². The molecule has 2 N–H and O–H groups in total. The molecule has 0 radical (unpaired) electrons. The van der Waals surface area contributed by atoms with Gasteiger partial charge < -0.3 is 14.9 Å². The average molecular weight is 487 g/mol. The summed E-state index contributed by atoms with van der Waals surface area (Å²) in [4.78, 5) is 17.5. The Labute approximate surface area is 198 Å². The molecule has 3 aromatic rings. The Morgan fingerprint density at radius 2 is 2.03 bits per heavy atom. The lowest BCUT2D eigenvalue weighted by molar-refractivity contribution is -0.153. The van der Waals surface area contributed by atoms with Gasteiger partial charge in [-0.05, 0) is 43.0 Å². The van der Waals surface area contributed by atoms with Crippen LogP contribution in [-0.4, -0.2) is 52.8 Å². The molecule has 0 spiro atoms. The van der Waals surface area contributed by atoms with Gasteiger partial charge in [0, 0.05) is 25.6 Å². The van der Waals surface area contributed by atoms with Gasteiger partial charge in [-0.15, -0.1) is 0 Å². The highest BCUT2D eigenvalue weighted by Crippen LogP contribution is 2.42. The van der Waals surface area contributed by atoms with Crippen LogP contribution in [0.2, 0.25) is 0 Å². The highest BCUT2D eigenvalue weighted by Gasteiger charge is 2.47. The molecule has 8 nitrogen and oxygen atoms in total. The van der Waals surface area contributed by atoms with E-state index in [4.69, 9.17) is 22.7 Å². The second kappa shape index (κ2) is 9.20. The van der Waals surface area contributed by atoms with Crippen LogP contribution >= 0.6 is 12.2 Å². The SMILES string of the molecule is CN(CC(=O)O[C@@H]1CCCC[C@]1(C(N)=S)c1ccc2nccn2c1)S(=O)(=O)c1ccccc1. The van der Waals surface area contributed by atoms with Crippen LogP contribution in [0.3, 0.4) is 0 Å². The molecular formula is C23H26N4O4S2. The maximum absolute atomic E-state index is 12.9. The van der Waals surface area contributed by atoms with Gasteiger partial charge in [-0.3, -0.25) is 4.79 Å². The van der Waals surface area contributed by atoms with Gasteiger partial charge in [-0.2, -0.15) is 4.31 Å². The van der Waals surface area contributed by atoms with Crippen molar-refractivity contribution in [2.45, 2.75) is 42.1 Å². The largest absolute Gasteiger partial charge is 0.460 e. The van der Waals surface area contributed by atoms with Crippen molar-refractivity contribution < 1.29 is 17.9 Å². The number of nitrogens with two attached hydrogens (primary N) is 1. The fourth-order valence-corrected chi connectivity index (χ4v) is 5.96. The maximum Gasteiger partial charge on any atom is 0.321 e. The molecule has 0 saturated heterocycles. The lowest BCUT2D eigenvalue weighted by atomic mass is 9.67. The van der Waals surface area contributed by atoms with Crippen molar-refractivity contribution in [2.75, 3.05) is 13.6 Å². The number of hydrogen-bond acceptors (Lipinski definition) is 6. The van der Waals surface area contributed by atoms with E-state index in [0.29, 0.717) is 12.8 Å². The summed E-state index contributed by atoms with van der Waals surface area (Å²) in [6.07, 6.45) is 7.82. The van der Waals surface area contributed by atoms with Crippen molar-refractivity contribution >= 4 is 38.8 Å². The zero-order valence-electron chi connectivity index (χ0n) is 18.3. The molecule has 10 heteroatoms. The molecule has 33 heavy (non-hydrogen) atoms. The van der Waals surface area contributed by atoms with Gasteiger partial charge in [-0.1, -0.05) is 42.9 Å². The van der Waals surface area contributed by atoms with Gasteiger partial charge in [0.2, 0.25) is 10.0 Å². The number of carbonyl (C=O) groups excluding carboxylic acids is 1. The molecule has 0 bridgehead atoms. The normalized spacial score (nSPS) is 21.2. The molecule has 0 amide bonds. The van der Waals surface area contributed by atoms with Crippen LogP contribution in [0, 0.1) is 0 Å². The Morgan fingerprint density at radius 1 is 1.27 bits per heavy atom. The van der Waals surface area contributed by atoms with Gasteiger partial charge in [0.25, 0.3) is 0 Å². The summed E-state index contributed by atoms with van der Waals surface area (Å²) in [6, 6.07) is 11.8. The molecular weight excluding hydrogens is 460 g/mol. The van der Waals surface area contributed by atoms with E-state index in [-0.39, 0.29) is 9.88 Å². The summed E-state index contributed by atoms with van der Waals surface area (Å²) in [6.45, 7) is -0.415. The second-order valence-electron chi connectivity index (χ2n) is 8.24. The Kier molecular flexibility index (Phi) is 6.51. The van der Waals surface area contributed by atoms with Crippen LogP contribution < -0.4 is 5.73 Å². The third-order valence-corrected chi connectivity index (χ3v) is 8.44. The number of sulfonamides is 1. The van der Waals surface area contributed by atoms with Crippen molar-refractivity contribution in [1.82, 2.24) is 13.7 Å². The number of thiocarbonyl (C=S) groups is 1. The van der Waals surface area contributed by atoms with E-state index in [2.05, 4.69) is 4.98 Å². The molecule has 0 unspecified atom stereocenters. The second-order valence-corrected chi connectivity index (χ2v) is 10.7. The van der Waals surface area contributed by atoms with E-state index < -0.39 is 34.1 Å². The summed E-state index contributed by atoms with van der Waals surface area (Å²) in [5, 5.41) is 0. The minimum absolute atomic E-state index is 0.115. The molecule has 174 valence electrons. The zero-order valence-corrected chi connectivity index (χ0v) is 19.9. The van der Waals surface area contributed by atoms with E-state index in [1.165, 1.54) is 19.2 Å². The molecule has 4 rings (SSSR count). The minimum Gasteiger partial charge on any atom is -0.460 e. The average Bonchev–Trinajstić information content (AvgIpc) is 3.27. The van der Waals surface area contributed by atoms with Gasteiger partial charge >= 0.3 is 5.97 Å². The summed E-state index contributed by atoms with van der Waals surface area (Å²) < 4.78 is 34.3. The Bertz CT molecular complexity index is 1280. The zero-order chi connectivity index (χ0) is 23.6.